The first kappa shape index (κ1) is 25.9. The third-order valence-corrected chi connectivity index (χ3v) is 9.00. The van der Waals surface area contributed by atoms with Gasteiger partial charge in [0, 0.05) is 41.7 Å². The number of β-lactam (4-membered cyclic amide) rings is 1. The van der Waals surface area contributed by atoms with Crippen molar-refractivity contribution < 1.29 is 33.3 Å². The third kappa shape index (κ3) is 5.20. The molecule has 0 spiro atoms. The molecule has 0 aliphatic carbocycles. The van der Waals surface area contributed by atoms with Crippen molar-refractivity contribution in [1.29, 1.82) is 0 Å². The highest BCUT2D eigenvalue weighted by Crippen LogP contribution is 2.52. The normalized spacial score (nSPS) is 29.9. The Labute approximate surface area is 208 Å². The number of carbonyl (C=O) groups excluding carboxylic acids is 1. The van der Waals surface area contributed by atoms with Crippen molar-refractivity contribution in [1.82, 2.24) is 14.5 Å². The van der Waals surface area contributed by atoms with Gasteiger partial charge in [0.15, 0.2) is 0 Å². The van der Waals surface area contributed by atoms with Gasteiger partial charge in [0.25, 0.3) is 10.2 Å². The maximum absolute atomic E-state index is 12.6. The van der Waals surface area contributed by atoms with E-state index in [4.69, 9.17) is 5.14 Å². The first-order valence-corrected chi connectivity index (χ1v) is 13.7. The largest absolute Gasteiger partial charge is 0.508 e. The van der Waals surface area contributed by atoms with Gasteiger partial charge in [-0.25, -0.2) is 14.7 Å². The van der Waals surface area contributed by atoms with Crippen LogP contribution in [0.2, 0.25) is 0 Å². The lowest BCUT2D eigenvalue weighted by molar-refractivity contribution is -0.163. The standard InChI is InChI=1S/C22H30N4O7S2/c1-11-18-17(12(2)27)21(29)26(18)19(22(30)31)20(11)34-16-7-14(8-24-35(23,32)33)25(10-16)9-13-3-5-15(28)6-4-13/h3-6,11-12,14,16-18,24,27-28H,7-10H2,1-2H3,(H,30,31)(H2,23,32,33)/t11-,12-,14+,16+,17-,18-/m1/s1. The summed E-state index contributed by atoms with van der Waals surface area (Å²) < 4.78 is 25.3. The number of nitrogens with zero attached hydrogens (tertiary/aromatic N) is 2. The number of aliphatic hydroxyl groups is 1. The van der Waals surface area contributed by atoms with Crippen LogP contribution in [0.1, 0.15) is 25.8 Å². The van der Waals surface area contributed by atoms with Crippen molar-refractivity contribution in [3.8, 4) is 5.75 Å². The Hall–Kier alpha value is -2.16. The van der Waals surface area contributed by atoms with E-state index in [9.17, 15) is 33.3 Å². The van der Waals surface area contributed by atoms with E-state index in [1.54, 1.807) is 31.2 Å². The number of nitrogens with one attached hydrogen (secondary N) is 1. The van der Waals surface area contributed by atoms with E-state index in [0.29, 0.717) is 24.4 Å². The number of carboxylic acids is 1. The highest BCUT2D eigenvalue weighted by molar-refractivity contribution is 8.03. The summed E-state index contributed by atoms with van der Waals surface area (Å²) in [7, 11) is -3.88. The molecule has 2 fully saturated rings. The maximum atomic E-state index is 12.6. The molecule has 0 unspecified atom stereocenters. The molecule has 6 atom stereocenters. The minimum Gasteiger partial charge on any atom is -0.508 e. The Morgan fingerprint density at radius 2 is 1.97 bits per heavy atom. The number of aromatic hydroxyl groups is 1. The minimum absolute atomic E-state index is 0.0226. The summed E-state index contributed by atoms with van der Waals surface area (Å²) in [5, 5.41) is 34.6. The molecule has 1 aromatic rings. The number of fused-ring (bicyclic) bond motifs is 1. The molecule has 3 heterocycles. The molecule has 13 heteroatoms. The van der Waals surface area contributed by atoms with Crippen LogP contribution in [0.5, 0.6) is 5.75 Å². The fourth-order valence-corrected chi connectivity index (χ4v) is 7.36. The molecule has 192 valence electrons. The van der Waals surface area contributed by atoms with E-state index in [1.165, 1.54) is 16.7 Å². The Morgan fingerprint density at radius 1 is 1.31 bits per heavy atom. The number of rotatable bonds is 9. The smallest absolute Gasteiger partial charge is 0.353 e. The van der Waals surface area contributed by atoms with Gasteiger partial charge in [-0.1, -0.05) is 19.1 Å². The third-order valence-electron chi connectivity index (χ3n) is 6.94. The number of phenols is 1. The second-order valence-electron chi connectivity index (χ2n) is 9.39. The van der Waals surface area contributed by atoms with E-state index in [0.717, 1.165) is 5.56 Å². The first-order valence-electron chi connectivity index (χ1n) is 11.3. The summed E-state index contributed by atoms with van der Waals surface area (Å²) in [6, 6.07) is 6.17. The number of carboxylic acid groups (broad SMARTS) is 1. The number of hydrogen-bond donors (Lipinski definition) is 5. The number of carbonyl (C=O) groups is 2. The van der Waals surface area contributed by atoms with E-state index in [-0.39, 0.29) is 47.2 Å². The number of thioether (sulfide) groups is 1. The second kappa shape index (κ2) is 9.71. The van der Waals surface area contributed by atoms with E-state index < -0.39 is 28.2 Å². The minimum atomic E-state index is -3.88. The molecule has 3 aliphatic heterocycles. The summed E-state index contributed by atoms with van der Waals surface area (Å²) in [6.45, 7) is 4.59. The Bertz CT molecular complexity index is 1140. The topological polar surface area (TPSA) is 174 Å². The molecule has 1 amide bonds. The van der Waals surface area contributed by atoms with Crippen LogP contribution in [-0.2, 0) is 26.3 Å². The quantitative estimate of drug-likeness (QED) is 0.278. The molecule has 0 saturated carbocycles. The van der Waals surface area contributed by atoms with Gasteiger partial charge in [0.05, 0.1) is 18.1 Å². The number of likely N-dealkylation sites (tertiary alicyclic amines) is 1. The average Bonchev–Trinajstić information content (AvgIpc) is 3.24. The van der Waals surface area contributed by atoms with Crippen molar-refractivity contribution in [3.63, 3.8) is 0 Å². The fraction of sp³-hybridized carbons (Fsp3) is 0.545. The zero-order valence-electron chi connectivity index (χ0n) is 19.4. The molecular formula is C22H30N4O7S2. The predicted octanol–water partition coefficient (Wildman–Crippen LogP) is 0.0151. The molecule has 1 aromatic carbocycles. The van der Waals surface area contributed by atoms with Crippen LogP contribution >= 0.6 is 11.8 Å². The molecule has 0 radical (unpaired) electrons. The van der Waals surface area contributed by atoms with Gasteiger partial charge in [-0.2, -0.15) is 8.42 Å². The van der Waals surface area contributed by atoms with Crippen LogP contribution in [0.15, 0.2) is 34.9 Å². The number of aliphatic carboxylic acids is 1. The zero-order valence-corrected chi connectivity index (χ0v) is 21.0. The Morgan fingerprint density at radius 3 is 2.54 bits per heavy atom. The number of phenolic OH excluding ortho intramolecular Hbond substituents is 1. The molecule has 0 bridgehead atoms. The molecular weight excluding hydrogens is 496 g/mol. The lowest BCUT2D eigenvalue weighted by atomic mass is 9.79. The maximum Gasteiger partial charge on any atom is 0.353 e. The Balaban J connectivity index is 1.54. The van der Waals surface area contributed by atoms with Crippen molar-refractivity contribution in [2.45, 2.75) is 50.3 Å². The molecule has 2 saturated heterocycles. The molecule has 6 N–H and O–H groups in total. The van der Waals surface area contributed by atoms with Crippen molar-refractivity contribution in [2.24, 2.45) is 17.0 Å². The predicted molar refractivity (Wildman–Crippen MR) is 129 cm³/mol. The lowest BCUT2D eigenvalue weighted by Crippen LogP contribution is -2.63. The van der Waals surface area contributed by atoms with Gasteiger partial charge in [0.2, 0.25) is 5.91 Å². The van der Waals surface area contributed by atoms with Crippen molar-refractivity contribution in [3.05, 3.63) is 40.4 Å². The molecule has 0 aromatic heterocycles. The summed E-state index contributed by atoms with van der Waals surface area (Å²) >= 11 is 1.41. The lowest BCUT2D eigenvalue weighted by Gasteiger charge is -2.46. The van der Waals surface area contributed by atoms with Crippen LogP contribution < -0.4 is 9.86 Å². The number of benzene rings is 1. The number of aliphatic hydroxyl groups excluding tert-OH is 1. The van der Waals surface area contributed by atoms with Gasteiger partial charge in [-0.3, -0.25) is 9.69 Å². The van der Waals surface area contributed by atoms with Crippen molar-refractivity contribution in [2.75, 3.05) is 13.1 Å². The van der Waals surface area contributed by atoms with Crippen molar-refractivity contribution >= 4 is 33.8 Å². The molecule has 35 heavy (non-hydrogen) atoms. The molecule has 3 aliphatic rings. The van der Waals surface area contributed by atoms with Crippen LogP contribution in [0, 0.1) is 11.8 Å². The summed E-state index contributed by atoms with van der Waals surface area (Å²) in [4.78, 5) is 28.7. The van der Waals surface area contributed by atoms with E-state index >= 15 is 0 Å². The number of amides is 1. The number of hydrogen-bond acceptors (Lipinski definition) is 8. The molecule has 4 rings (SSSR count). The van der Waals surface area contributed by atoms with Gasteiger partial charge >= 0.3 is 5.97 Å². The van der Waals surface area contributed by atoms with E-state index in [1.807, 2.05) is 6.92 Å². The Kier molecular flexibility index (Phi) is 7.19. The highest BCUT2D eigenvalue weighted by atomic mass is 32.2. The van der Waals surface area contributed by atoms with Crippen LogP contribution in [-0.4, -0.2) is 81.9 Å². The van der Waals surface area contributed by atoms with Crippen LogP contribution in [0.3, 0.4) is 0 Å². The van der Waals surface area contributed by atoms with Crippen LogP contribution in [0.25, 0.3) is 0 Å². The second-order valence-corrected chi connectivity index (χ2v) is 12.1. The van der Waals surface area contributed by atoms with Gasteiger partial charge in [0.1, 0.15) is 11.4 Å². The molecule has 11 nitrogen and oxygen atoms in total. The highest BCUT2D eigenvalue weighted by Gasteiger charge is 2.60. The van der Waals surface area contributed by atoms with Gasteiger partial charge < -0.3 is 20.2 Å². The summed E-state index contributed by atoms with van der Waals surface area (Å²) in [5.74, 6) is -2.27. The van der Waals surface area contributed by atoms with Gasteiger partial charge in [-0.05, 0) is 31.0 Å². The summed E-state index contributed by atoms with van der Waals surface area (Å²) in [5.41, 5.74) is 0.911. The number of nitrogens with two attached hydrogens (primary N) is 1. The first-order chi connectivity index (χ1) is 16.4. The van der Waals surface area contributed by atoms with Crippen LogP contribution in [0.4, 0.5) is 0 Å². The SMILES string of the molecule is C[C@@H](O)[C@H]1C(=O)N2C(C(=O)O)=C(S[C@H]3C[C@@H](CNS(N)(=O)=O)N(Cc4ccc(O)cc4)C3)[C@H](C)[C@H]12. The monoisotopic (exact) mass is 526 g/mol. The fourth-order valence-electron chi connectivity index (χ4n) is 5.34. The zero-order chi connectivity index (χ0) is 25.7. The summed E-state index contributed by atoms with van der Waals surface area (Å²) in [6.07, 6.45) is -0.293. The van der Waals surface area contributed by atoms with E-state index in [2.05, 4.69) is 9.62 Å². The van der Waals surface area contributed by atoms with Gasteiger partial charge in [-0.15, -0.1) is 11.8 Å². The average molecular weight is 527 g/mol.